The molecule has 0 aliphatic heterocycles. The fourth-order valence-corrected chi connectivity index (χ4v) is 3.45. The topological polar surface area (TPSA) is 51.0 Å². The second-order valence-corrected chi connectivity index (χ2v) is 6.66. The molecule has 0 aliphatic carbocycles. The van der Waals surface area contributed by atoms with E-state index in [1.54, 1.807) is 6.07 Å². The van der Waals surface area contributed by atoms with Crippen molar-refractivity contribution < 1.29 is 4.42 Å². The maximum Gasteiger partial charge on any atom is 0.302 e. The number of nitrogens with zero attached hydrogens (tertiary/aromatic N) is 2. The highest BCUT2D eigenvalue weighted by molar-refractivity contribution is 7.22. The van der Waals surface area contributed by atoms with Crippen molar-refractivity contribution in [3.63, 3.8) is 0 Å². The van der Waals surface area contributed by atoms with Crippen molar-refractivity contribution >= 4 is 67.0 Å². The van der Waals surface area contributed by atoms with Gasteiger partial charge in [-0.1, -0.05) is 40.6 Å². The van der Waals surface area contributed by atoms with Crippen LogP contribution in [-0.4, -0.2) is 9.97 Å². The normalized spacial score (nSPS) is 11.4. The Labute approximate surface area is 139 Å². The van der Waals surface area contributed by atoms with Crippen molar-refractivity contribution in [1.29, 1.82) is 0 Å². The highest BCUT2D eigenvalue weighted by Crippen LogP contribution is 2.36. The summed E-state index contributed by atoms with van der Waals surface area (Å²) in [5.74, 6) is 0. The molecule has 110 valence electrons. The van der Waals surface area contributed by atoms with Gasteiger partial charge < -0.3 is 4.42 Å². The second-order valence-electron chi connectivity index (χ2n) is 4.84. The minimum atomic E-state index is 0.405. The Morgan fingerprint density at radius 1 is 1.14 bits per heavy atom. The molecule has 2 aromatic heterocycles. The van der Waals surface area contributed by atoms with Gasteiger partial charge in [-0.2, -0.15) is 4.98 Å². The Hall–Kier alpha value is -1.82. The van der Waals surface area contributed by atoms with Crippen molar-refractivity contribution in [3.05, 3.63) is 45.9 Å². The average molecular weight is 350 g/mol. The van der Waals surface area contributed by atoms with Crippen LogP contribution in [0.4, 0.5) is 11.1 Å². The fraction of sp³-hybridized carbons (Fsp3) is 0.0667. The summed E-state index contributed by atoms with van der Waals surface area (Å²) in [7, 11) is 0. The number of benzene rings is 2. The third kappa shape index (κ3) is 2.31. The van der Waals surface area contributed by atoms with Crippen LogP contribution >= 0.6 is 34.5 Å². The molecule has 0 fully saturated rings. The summed E-state index contributed by atoms with van der Waals surface area (Å²) in [5.41, 5.74) is 3.35. The zero-order valence-corrected chi connectivity index (χ0v) is 13.7. The summed E-state index contributed by atoms with van der Waals surface area (Å²) in [6, 6.07) is 9.91. The summed E-state index contributed by atoms with van der Waals surface area (Å²) >= 11 is 13.6. The lowest BCUT2D eigenvalue weighted by Crippen LogP contribution is -1.88. The molecule has 0 atom stereocenters. The molecule has 22 heavy (non-hydrogen) atoms. The number of nitrogens with one attached hydrogen (secondary N) is 1. The first-order valence-corrected chi connectivity index (χ1v) is 8.06. The molecule has 4 rings (SSSR count). The zero-order chi connectivity index (χ0) is 15.3. The molecule has 4 aromatic rings. The lowest BCUT2D eigenvalue weighted by molar-refractivity contribution is 0.623. The van der Waals surface area contributed by atoms with Crippen molar-refractivity contribution in [2.45, 2.75) is 6.92 Å². The summed E-state index contributed by atoms with van der Waals surface area (Å²) in [6.45, 7) is 2.01. The van der Waals surface area contributed by atoms with Gasteiger partial charge in [-0.15, -0.1) is 0 Å². The molecule has 0 radical (unpaired) electrons. The van der Waals surface area contributed by atoms with Crippen LogP contribution in [0.25, 0.3) is 21.3 Å². The van der Waals surface area contributed by atoms with Crippen molar-refractivity contribution in [3.8, 4) is 0 Å². The number of hydrogen-bond acceptors (Lipinski definition) is 5. The zero-order valence-electron chi connectivity index (χ0n) is 11.4. The number of halogens is 2. The van der Waals surface area contributed by atoms with E-state index in [1.165, 1.54) is 11.3 Å². The van der Waals surface area contributed by atoms with Gasteiger partial charge in [-0.3, -0.25) is 5.32 Å². The van der Waals surface area contributed by atoms with Crippen LogP contribution in [0.3, 0.4) is 0 Å². The number of thiazole rings is 1. The first-order valence-electron chi connectivity index (χ1n) is 6.49. The summed E-state index contributed by atoms with van der Waals surface area (Å²) in [5, 5.41) is 4.68. The van der Waals surface area contributed by atoms with Gasteiger partial charge in [-0.05, 0) is 36.8 Å². The van der Waals surface area contributed by atoms with Crippen LogP contribution in [0.15, 0.2) is 34.7 Å². The van der Waals surface area contributed by atoms with Gasteiger partial charge in [0.15, 0.2) is 10.7 Å². The van der Waals surface area contributed by atoms with E-state index in [0.717, 1.165) is 21.4 Å². The Kier molecular flexibility index (Phi) is 3.22. The first-order chi connectivity index (χ1) is 10.6. The standard InChI is InChI=1S/C15H9Cl2N3OS/c1-7-2-4-10-9(6-7)18-14(21-10)20-15-19-13-11(22-15)5-3-8(16)12(13)17/h2-6H,1H3,(H,18,19,20). The molecule has 4 nitrogen and oxygen atoms in total. The molecule has 0 spiro atoms. The van der Waals surface area contributed by atoms with Crippen molar-refractivity contribution in [1.82, 2.24) is 9.97 Å². The lowest BCUT2D eigenvalue weighted by atomic mass is 10.2. The molecule has 0 saturated carbocycles. The van der Waals surface area contributed by atoms with E-state index < -0.39 is 0 Å². The van der Waals surface area contributed by atoms with E-state index in [1.807, 2.05) is 31.2 Å². The van der Waals surface area contributed by atoms with Gasteiger partial charge in [0.25, 0.3) is 0 Å². The number of aryl methyl sites for hydroxylation is 1. The van der Waals surface area contributed by atoms with Crippen LogP contribution in [0.5, 0.6) is 0 Å². The molecule has 1 N–H and O–H groups in total. The molecular weight excluding hydrogens is 341 g/mol. The van der Waals surface area contributed by atoms with E-state index >= 15 is 0 Å². The Morgan fingerprint density at radius 3 is 2.86 bits per heavy atom. The van der Waals surface area contributed by atoms with Crippen LogP contribution in [0.1, 0.15) is 5.56 Å². The Balaban J connectivity index is 1.74. The summed E-state index contributed by atoms with van der Waals surface area (Å²) in [6.07, 6.45) is 0. The molecule has 2 heterocycles. The van der Waals surface area contributed by atoms with E-state index in [9.17, 15) is 0 Å². The minimum Gasteiger partial charge on any atom is -0.423 e. The number of anilines is 2. The van der Waals surface area contributed by atoms with Gasteiger partial charge >= 0.3 is 6.01 Å². The highest BCUT2D eigenvalue weighted by Gasteiger charge is 2.12. The number of hydrogen-bond donors (Lipinski definition) is 1. The molecular formula is C15H9Cl2N3OS. The van der Waals surface area contributed by atoms with Gasteiger partial charge in [0.2, 0.25) is 0 Å². The maximum absolute atomic E-state index is 6.17. The molecule has 0 unspecified atom stereocenters. The first kappa shape index (κ1) is 13.8. The third-order valence-corrected chi connectivity index (χ3v) is 4.94. The van der Waals surface area contributed by atoms with Gasteiger partial charge in [0.1, 0.15) is 11.0 Å². The smallest absolute Gasteiger partial charge is 0.302 e. The van der Waals surface area contributed by atoms with Gasteiger partial charge in [0, 0.05) is 0 Å². The minimum absolute atomic E-state index is 0.405. The molecule has 2 aromatic carbocycles. The van der Waals surface area contributed by atoms with E-state index in [0.29, 0.717) is 26.7 Å². The predicted octanol–water partition coefficient (Wildman–Crippen LogP) is 5.80. The van der Waals surface area contributed by atoms with Gasteiger partial charge in [-0.25, -0.2) is 4.98 Å². The molecule has 0 aliphatic rings. The lowest BCUT2D eigenvalue weighted by Gasteiger charge is -1.94. The number of fused-ring (bicyclic) bond motifs is 2. The SMILES string of the molecule is Cc1ccc2oc(Nc3nc4c(Cl)c(Cl)ccc4s3)nc2c1. The van der Waals surface area contributed by atoms with Crippen molar-refractivity contribution in [2.75, 3.05) is 5.32 Å². The monoisotopic (exact) mass is 349 g/mol. The fourth-order valence-electron chi connectivity index (χ4n) is 2.17. The summed E-state index contributed by atoms with van der Waals surface area (Å²) < 4.78 is 6.61. The van der Waals surface area contributed by atoms with Crippen LogP contribution in [0, 0.1) is 6.92 Å². The third-order valence-electron chi connectivity index (χ3n) is 3.21. The van der Waals surface area contributed by atoms with Crippen LogP contribution < -0.4 is 5.32 Å². The molecule has 0 saturated heterocycles. The molecule has 0 amide bonds. The number of aromatic nitrogens is 2. The van der Waals surface area contributed by atoms with E-state index in [4.69, 9.17) is 27.6 Å². The second kappa shape index (κ2) is 5.12. The van der Waals surface area contributed by atoms with E-state index in [2.05, 4.69) is 15.3 Å². The van der Waals surface area contributed by atoms with Gasteiger partial charge in [0.05, 0.1) is 14.7 Å². The largest absolute Gasteiger partial charge is 0.423 e. The Morgan fingerprint density at radius 2 is 2.00 bits per heavy atom. The van der Waals surface area contributed by atoms with Crippen LogP contribution in [0.2, 0.25) is 10.0 Å². The number of oxazole rings is 1. The summed E-state index contributed by atoms with van der Waals surface area (Å²) in [4.78, 5) is 8.86. The maximum atomic E-state index is 6.17. The van der Waals surface area contributed by atoms with Crippen molar-refractivity contribution in [2.24, 2.45) is 0 Å². The number of rotatable bonds is 2. The molecule has 0 bridgehead atoms. The highest BCUT2D eigenvalue weighted by atomic mass is 35.5. The predicted molar refractivity (Wildman–Crippen MR) is 91.7 cm³/mol. The van der Waals surface area contributed by atoms with Crippen LogP contribution in [-0.2, 0) is 0 Å². The Bertz CT molecular complexity index is 1010. The molecule has 7 heteroatoms. The average Bonchev–Trinajstić information content (AvgIpc) is 3.06. The van der Waals surface area contributed by atoms with E-state index in [-0.39, 0.29) is 0 Å². The quantitative estimate of drug-likeness (QED) is 0.497.